The first-order valence-electron chi connectivity index (χ1n) is 6.63. The van der Waals surface area contributed by atoms with E-state index in [-0.39, 0.29) is 12.3 Å². The molecule has 1 aliphatic rings. The lowest BCUT2D eigenvalue weighted by Gasteiger charge is -2.17. The van der Waals surface area contributed by atoms with Gasteiger partial charge in [-0.3, -0.25) is 0 Å². The van der Waals surface area contributed by atoms with Gasteiger partial charge in [0.1, 0.15) is 11.9 Å². The average molecular weight is 294 g/mol. The van der Waals surface area contributed by atoms with E-state index in [1.807, 2.05) is 6.07 Å². The third-order valence-electron chi connectivity index (χ3n) is 3.40. The van der Waals surface area contributed by atoms with E-state index in [0.29, 0.717) is 11.4 Å². The summed E-state index contributed by atoms with van der Waals surface area (Å²) in [5, 5.41) is 12.1. The van der Waals surface area contributed by atoms with E-state index in [1.165, 1.54) is 7.05 Å². The Labute approximate surface area is 119 Å². The summed E-state index contributed by atoms with van der Waals surface area (Å²) in [5.74, 6) is 0.437. The largest absolute Gasteiger partial charge is 0.368 e. The van der Waals surface area contributed by atoms with Crippen LogP contribution in [-0.4, -0.2) is 32.7 Å². The first kappa shape index (κ1) is 14.8. The Morgan fingerprint density at radius 1 is 1.40 bits per heavy atom. The number of aryl methyl sites for hydroxylation is 2. The number of hydrogen-bond donors (Lipinski definition) is 2. The quantitative estimate of drug-likeness (QED) is 0.837. The molecule has 0 aliphatic heterocycles. The minimum atomic E-state index is -3.25. The Bertz CT molecular complexity index is 635. The van der Waals surface area contributed by atoms with E-state index in [2.05, 4.69) is 21.1 Å². The van der Waals surface area contributed by atoms with E-state index in [9.17, 15) is 8.42 Å². The standard InChI is InChI=1S/C13H18N4O2S/c1-15-20(18,19)7-6-16-13-11(9-14)8-10-4-2-3-5-12(10)17-13/h8,15H,2-7H2,1H3,(H,16,17). The van der Waals surface area contributed by atoms with Crippen LogP contribution in [0.15, 0.2) is 6.07 Å². The summed E-state index contributed by atoms with van der Waals surface area (Å²) < 4.78 is 24.9. The zero-order valence-electron chi connectivity index (χ0n) is 11.4. The first-order valence-corrected chi connectivity index (χ1v) is 8.29. The molecule has 1 aromatic heterocycles. The molecule has 20 heavy (non-hydrogen) atoms. The van der Waals surface area contributed by atoms with Crippen molar-refractivity contribution in [3.63, 3.8) is 0 Å². The van der Waals surface area contributed by atoms with Gasteiger partial charge in [-0.05, 0) is 44.4 Å². The van der Waals surface area contributed by atoms with Gasteiger partial charge in [0.25, 0.3) is 0 Å². The van der Waals surface area contributed by atoms with Crippen molar-refractivity contribution in [1.82, 2.24) is 9.71 Å². The van der Waals surface area contributed by atoms with Gasteiger partial charge in [0.2, 0.25) is 10.0 Å². The molecule has 0 radical (unpaired) electrons. The van der Waals surface area contributed by atoms with Crippen molar-refractivity contribution in [2.24, 2.45) is 0 Å². The SMILES string of the molecule is CNS(=O)(=O)CCNc1nc2c(cc1C#N)CCCC2. The fourth-order valence-electron chi connectivity index (χ4n) is 2.26. The number of anilines is 1. The van der Waals surface area contributed by atoms with Crippen LogP contribution in [0.25, 0.3) is 0 Å². The molecule has 0 amide bonds. The molecule has 0 spiro atoms. The van der Waals surface area contributed by atoms with Gasteiger partial charge >= 0.3 is 0 Å². The second kappa shape index (κ2) is 6.20. The number of fused-ring (bicyclic) bond motifs is 1. The summed E-state index contributed by atoms with van der Waals surface area (Å²) in [6, 6.07) is 3.99. The summed E-state index contributed by atoms with van der Waals surface area (Å²) >= 11 is 0. The molecule has 2 N–H and O–H groups in total. The topological polar surface area (TPSA) is 94.9 Å². The van der Waals surface area contributed by atoms with Crippen LogP contribution in [0.5, 0.6) is 0 Å². The molecule has 6 nitrogen and oxygen atoms in total. The zero-order chi connectivity index (χ0) is 14.6. The van der Waals surface area contributed by atoms with Crippen molar-refractivity contribution in [3.05, 3.63) is 22.9 Å². The highest BCUT2D eigenvalue weighted by Gasteiger charge is 2.15. The third-order valence-corrected chi connectivity index (χ3v) is 4.76. The minimum absolute atomic E-state index is 0.0485. The van der Waals surface area contributed by atoms with Crippen molar-refractivity contribution in [1.29, 1.82) is 5.26 Å². The predicted octanol–water partition coefficient (Wildman–Crippen LogP) is 0.793. The van der Waals surface area contributed by atoms with Crippen molar-refractivity contribution in [2.75, 3.05) is 24.7 Å². The summed E-state index contributed by atoms with van der Waals surface area (Å²) in [6.45, 7) is 0.226. The molecule has 0 saturated heterocycles. The van der Waals surface area contributed by atoms with Gasteiger partial charge in [-0.15, -0.1) is 0 Å². The number of rotatable bonds is 5. The Kier molecular flexibility index (Phi) is 4.57. The molecule has 7 heteroatoms. The van der Waals surface area contributed by atoms with Gasteiger partial charge in [0.05, 0.1) is 11.3 Å². The van der Waals surface area contributed by atoms with Crippen LogP contribution >= 0.6 is 0 Å². The number of nitriles is 1. The molecule has 2 rings (SSSR count). The molecule has 1 aromatic rings. The van der Waals surface area contributed by atoms with Gasteiger partial charge in [0.15, 0.2) is 0 Å². The number of sulfonamides is 1. The lowest BCUT2D eigenvalue weighted by Crippen LogP contribution is -2.26. The van der Waals surface area contributed by atoms with E-state index >= 15 is 0 Å². The smallest absolute Gasteiger partial charge is 0.213 e. The van der Waals surface area contributed by atoms with Crippen molar-refractivity contribution < 1.29 is 8.42 Å². The van der Waals surface area contributed by atoms with Gasteiger partial charge in [-0.2, -0.15) is 5.26 Å². The van der Waals surface area contributed by atoms with Crippen LogP contribution in [0.2, 0.25) is 0 Å². The third kappa shape index (κ3) is 3.46. The second-order valence-corrected chi connectivity index (χ2v) is 6.81. The molecule has 0 bridgehead atoms. The monoisotopic (exact) mass is 294 g/mol. The van der Waals surface area contributed by atoms with E-state index in [0.717, 1.165) is 36.9 Å². The molecule has 0 fully saturated rings. The second-order valence-electron chi connectivity index (χ2n) is 4.76. The lowest BCUT2D eigenvalue weighted by atomic mass is 9.95. The molecule has 1 heterocycles. The Balaban J connectivity index is 2.13. The van der Waals surface area contributed by atoms with Crippen LogP contribution in [0, 0.1) is 11.3 Å². The maximum atomic E-state index is 11.3. The van der Waals surface area contributed by atoms with E-state index < -0.39 is 10.0 Å². The maximum Gasteiger partial charge on any atom is 0.213 e. The maximum absolute atomic E-state index is 11.3. The number of nitrogens with zero attached hydrogens (tertiary/aromatic N) is 2. The van der Waals surface area contributed by atoms with E-state index in [4.69, 9.17) is 5.26 Å². The predicted molar refractivity (Wildman–Crippen MR) is 76.9 cm³/mol. The molecular formula is C13H18N4O2S. The number of pyridine rings is 1. The van der Waals surface area contributed by atoms with Gasteiger partial charge in [-0.25, -0.2) is 18.1 Å². The Hall–Kier alpha value is -1.65. The number of nitrogens with one attached hydrogen (secondary N) is 2. The molecular weight excluding hydrogens is 276 g/mol. The summed E-state index contributed by atoms with van der Waals surface area (Å²) in [7, 11) is -1.87. The fraction of sp³-hybridized carbons (Fsp3) is 0.538. The van der Waals surface area contributed by atoms with Crippen LogP contribution < -0.4 is 10.0 Å². The van der Waals surface area contributed by atoms with Crippen LogP contribution in [0.1, 0.15) is 29.7 Å². The molecule has 108 valence electrons. The number of hydrogen-bond acceptors (Lipinski definition) is 5. The molecule has 1 aliphatic carbocycles. The highest BCUT2D eigenvalue weighted by molar-refractivity contribution is 7.89. The van der Waals surface area contributed by atoms with Crippen molar-refractivity contribution in [3.8, 4) is 6.07 Å². The van der Waals surface area contributed by atoms with Gasteiger partial charge in [0, 0.05) is 12.2 Å². The molecule has 0 unspecified atom stereocenters. The highest BCUT2D eigenvalue weighted by atomic mass is 32.2. The van der Waals surface area contributed by atoms with Gasteiger partial charge < -0.3 is 5.32 Å². The highest BCUT2D eigenvalue weighted by Crippen LogP contribution is 2.24. The fourth-order valence-corrected chi connectivity index (χ4v) is 2.83. The first-order chi connectivity index (χ1) is 9.55. The molecule has 0 aromatic carbocycles. The van der Waals surface area contributed by atoms with Crippen molar-refractivity contribution >= 4 is 15.8 Å². The van der Waals surface area contributed by atoms with Crippen LogP contribution in [-0.2, 0) is 22.9 Å². The summed E-state index contributed by atoms with van der Waals surface area (Å²) in [6.07, 6.45) is 4.13. The van der Waals surface area contributed by atoms with E-state index in [1.54, 1.807) is 0 Å². The molecule has 0 saturated carbocycles. The normalized spacial score (nSPS) is 14.4. The van der Waals surface area contributed by atoms with Crippen LogP contribution in [0.4, 0.5) is 5.82 Å². The van der Waals surface area contributed by atoms with Gasteiger partial charge in [-0.1, -0.05) is 0 Å². The summed E-state index contributed by atoms with van der Waals surface area (Å²) in [5.41, 5.74) is 2.64. The van der Waals surface area contributed by atoms with Crippen molar-refractivity contribution in [2.45, 2.75) is 25.7 Å². The minimum Gasteiger partial charge on any atom is -0.368 e. The number of aromatic nitrogens is 1. The average Bonchev–Trinajstić information content (AvgIpc) is 2.46. The molecule has 0 atom stereocenters. The Morgan fingerprint density at radius 2 is 2.15 bits per heavy atom. The Morgan fingerprint density at radius 3 is 2.85 bits per heavy atom. The lowest BCUT2D eigenvalue weighted by molar-refractivity contribution is 0.588. The summed E-state index contributed by atoms with van der Waals surface area (Å²) in [4.78, 5) is 4.48. The van der Waals surface area contributed by atoms with Crippen LogP contribution in [0.3, 0.4) is 0 Å². The zero-order valence-corrected chi connectivity index (χ0v) is 12.3.